The Labute approximate surface area is 493 Å². The van der Waals surface area contributed by atoms with Crippen molar-refractivity contribution in [1.82, 2.24) is 31.9 Å². The number of aromatic hydroxyl groups is 3. The maximum Gasteiger partial charge on any atom is 0.243 e. The molecule has 3 aromatic rings. The van der Waals surface area contributed by atoms with Gasteiger partial charge in [-0.15, -0.1) is 0 Å². The number of benzene rings is 3. The molecule has 10 atom stereocenters. The Morgan fingerprint density at radius 3 is 1.87 bits per heavy atom. The minimum atomic E-state index is -2.46. The van der Waals surface area contributed by atoms with Crippen LogP contribution in [0.15, 0.2) is 42.5 Å². The van der Waals surface area contributed by atoms with E-state index in [0.29, 0.717) is 5.56 Å². The number of phenolic OH excluding ortho intramolecular Hbond substituents is 3. The van der Waals surface area contributed by atoms with E-state index in [1.807, 2.05) is 27.7 Å². The van der Waals surface area contributed by atoms with Crippen molar-refractivity contribution in [3.63, 3.8) is 0 Å². The minimum absolute atomic E-state index is 0.00689. The van der Waals surface area contributed by atoms with Crippen molar-refractivity contribution in [3.05, 3.63) is 81.4 Å². The number of aliphatic hydroxyl groups excluding tert-OH is 2. The van der Waals surface area contributed by atoms with Crippen LogP contribution in [0.25, 0.3) is 0 Å². The number of phenols is 3. The quantitative estimate of drug-likeness (QED) is 0.0448. The van der Waals surface area contributed by atoms with E-state index in [-0.39, 0.29) is 89.5 Å². The Balaban J connectivity index is 1.23. The number of hydrogen-bond acceptors (Lipinski definition) is 18. The van der Waals surface area contributed by atoms with Crippen molar-refractivity contribution < 1.29 is 88.0 Å². The summed E-state index contributed by atoms with van der Waals surface area (Å²) in [6, 6.07) is 3.96. The molecule has 0 bridgehead atoms. The number of hydrogen-bond donors (Lipinski definition) is 12. The summed E-state index contributed by atoms with van der Waals surface area (Å²) in [5, 5.41) is 83.5. The van der Waals surface area contributed by atoms with E-state index < -0.39 is 161 Å². The summed E-state index contributed by atoms with van der Waals surface area (Å²) in [7, 11) is 1.28. The summed E-state index contributed by atoms with van der Waals surface area (Å²) in [6.07, 6.45) is -7.08. The van der Waals surface area contributed by atoms with Crippen LogP contribution in [-0.2, 0) is 55.9 Å². The van der Waals surface area contributed by atoms with E-state index >= 15 is 0 Å². The summed E-state index contributed by atoms with van der Waals surface area (Å²) in [4.78, 5) is 125. The minimum Gasteiger partial charge on any atom is -0.508 e. The van der Waals surface area contributed by atoms with Gasteiger partial charge in [0, 0.05) is 47.8 Å². The standard InChI is InChI=1S/C61H82N6O18/c1-28(2)19-37(67-59(81)60(8,9)10)55(77)62-26-44(71)63-38(20-29(3)4)56(78)66-40(22-32-15-17-33(69)18-16-32)58(80)65-39(21-30(5)6)57(79)64-36-23-45(84-31(7)50(36)72)85-42-25-61(82,43(70)27-68)24-35-47(42)54(76)49-48(52(35)74)51(73)34-13-12-14-41(83-11)46(34)53(49)75/h12-18,28-31,36-40,42,45,50,68-69,72,74,76,82H,19-27H2,1-11H3,(H,62,77)(H,63,71)(H,64,79)(H,65,80)(H,66,78)(H,67,81)/t31-,36-,37-,38-,39-,40-,42-,45-,50+,61-/m0/s1. The van der Waals surface area contributed by atoms with Crippen LogP contribution in [0.5, 0.6) is 23.0 Å². The van der Waals surface area contributed by atoms with Crippen LogP contribution >= 0.6 is 0 Å². The van der Waals surface area contributed by atoms with Crippen molar-refractivity contribution in [2.24, 2.45) is 23.2 Å². The zero-order chi connectivity index (χ0) is 63.2. The molecule has 0 unspecified atom stereocenters. The average molecular weight is 1190 g/mol. The first-order chi connectivity index (χ1) is 39.8. The molecule has 464 valence electrons. The number of carbonyl (C=O) groups excluding carboxylic acids is 9. The van der Waals surface area contributed by atoms with Crippen LogP contribution < -0.4 is 36.6 Å². The molecule has 6 amide bonds. The molecular formula is C61H82N6O18. The lowest BCUT2D eigenvalue weighted by molar-refractivity contribution is -0.249. The van der Waals surface area contributed by atoms with Crippen molar-refractivity contribution in [1.29, 1.82) is 0 Å². The molecule has 24 heteroatoms. The Hall–Kier alpha value is -7.51. The number of nitrogens with one attached hydrogen (secondary N) is 6. The smallest absolute Gasteiger partial charge is 0.243 e. The summed E-state index contributed by atoms with van der Waals surface area (Å²) in [5.74, 6) is -9.02. The summed E-state index contributed by atoms with van der Waals surface area (Å²) < 4.78 is 17.8. The Morgan fingerprint density at radius 1 is 0.729 bits per heavy atom. The van der Waals surface area contributed by atoms with Crippen molar-refractivity contribution in [2.45, 2.75) is 175 Å². The summed E-state index contributed by atoms with van der Waals surface area (Å²) in [6.45, 7) is 15.8. The zero-order valence-corrected chi connectivity index (χ0v) is 49.9. The molecule has 0 spiro atoms. The van der Waals surface area contributed by atoms with Gasteiger partial charge in [-0.25, -0.2) is 0 Å². The highest BCUT2D eigenvalue weighted by atomic mass is 16.7. The van der Waals surface area contributed by atoms with Gasteiger partial charge in [0.2, 0.25) is 41.2 Å². The maximum atomic E-state index is 14.6. The molecule has 12 N–H and O–H groups in total. The maximum absolute atomic E-state index is 14.6. The SMILES string of the molecule is COc1cccc2c1C(=O)c1c(O)c3c(c(O)c1C2=O)C[C@@](O)(C(=O)CO)C[C@@H]3O[C@H]1C[C@H](NC(=O)[C@H](CC(C)C)NC(=O)[C@H](Cc2ccc(O)cc2)NC(=O)[C@H](CC(C)C)NC(=O)CNC(=O)[C@H](CC(C)C)NC(=O)C(C)(C)C)[C@H](O)[C@H](C)O1. The molecule has 3 aliphatic rings. The monoisotopic (exact) mass is 1190 g/mol. The van der Waals surface area contributed by atoms with Gasteiger partial charge < -0.3 is 76.8 Å². The van der Waals surface area contributed by atoms with Gasteiger partial charge in [-0.05, 0) is 67.7 Å². The van der Waals surface area contributed by atoms with E-state index in [9.17, 15) is 73.8 Å². The zero-order valence-electron chi connectivity index (χ0n) is 49.9. The summed E-state index contributed by atoms with van der Waals surface area (Å²) >= 11 is 0. The molecule has 85 heavy (non-hydrogen) atoms. The Morgan fingerprint density at radius 2 is 1.29 bits per heavy atom. The van der Waals surface area contributed by atoms with Crippen LogP contribution in [0.3, 0.4) is 0 Å². The van der Waals surface area contributed by atoms with Gasteiger partial charge >= 0.3 is 0 Å². The molecule has 3 aromatic carbocycles. The van der Waals surface area contributed by atoms with Gasteiger partial charge in [-0.3, -0.25) is 43.2 Å². The highest BCUT2D eigenvalue weighted by Gasteiger charge is 2.51. The van der Waals surface area contributed by atoms with Gasteiger partial charge in [-0.1, -0.05) is 86.6 Å². The molecule has 6 rings (SSSR count). The van der Waals surface area contributed by atoms with E-state index in [4.69, 9.17) is 14.2 Å². The second-order valence-electron chi connectivity index (χ2n) is 24.6. The topological polar surface area (TPSA) is 375 Å². The lowest BCUT2D eigenvalue weighted by Crippen LogP contribution is -2.61. The van der Waals surface area contributed by atoms with E-state index in [0.717, 1.165) is 0 Å². The van der Waals surface area contributed by atoms with Gasteiger partial charge in [0.25, 0.3) is 0 Å². The van der Waals surface area contributed by atoms with Gasteiger partial charge in [0.05, 0.1) is 48.6 Å². The summed E-state index contributed by atoms with van der Waals surface area (Å²) in [5.41, 5.74) is -4.90. The number of Topliss-reactive ketones (excluding diaryl/α,β-unsaturated/α-hetero) is 1. The molecule has 1 fully saturated rings. The lowest BCUT2D eigenvalue weighted by atomic mass is 9.72. The molecule has 0 aromatic heterocycles. The largest absolute Gasteiger partial charge is 0.508 e. The highest BCUT2D eigenvalue weighted by molar-refractivity contribution is 6.31. The van der Waals surface area contributed by atoms with Gasteiger partial charge in [0.15, 0.2) is 17.9 Å². The predicted octanol–water partition coefficient (Wildman–Crippen LogP) is 2.35. The number of fused-ring (bicyclic) bond motifs is 3. The third-order valence-corrected chi connectivity index (χ3v) is 15.2. The molecule has 2 aliphatic carbocycles. The number of aliphatic hydroxyl groups is 3. The van der Waals surface area contributed by atoms with Gasteiger partial charge in [0.1, 0.15) is 65.5 Å². The molecular weight excluding hydrogens is 1100 g/mol. The Kier molecular flexibility index (Phi) is 21.7. The number of ether oxygens (including phenoxy) is 3. The van der Waals surface area contributed by atoms with Crippen molar-refractivity contribution >= 4 is 52.8 Å². The second-order valence-corrected chi connectivity index (χ2v) is 24.6. The van der Waals surface area contributed by atoms with Crippen LogP contribution in [-0.4, -0.2) is 158 Å². The van der Waals surface area contributed by atoms with E-state index in [2.05, 4.69) is 31.9 Å². The third kappa shape index (κ3) is 15.9. The fourth-order valence-electron chi connectivity index (χ4n) is 10.8. The highest BCUT2D eigenvalue weighted by Crippen LogP contribution is 2.52. The number of methoxy groups -OCH3 is 1. The number of amides is 6. The third-order valence-electron chi connectivity index (χ3n) is 15.2. The van der Waals surface area contributed by atoms with E-state index in [1.54, 1.807) is 34.6 Å². The van der Waals surface area contributed by atoms with Crippen LogP contribution in [0, 0.1) is 23.2 Å². The Bertz CT molecular complexity index is 3030. The number of rotatable bonds is 24. The fourth-order valence-corrected chi connectivity index (χ4v) is 10.8. The van der Waals surface area contributed by atoms with Crippen molar-refractivity contribution in [2.75, 3.05) is 20.3 Å². The second kappa shape index (κ2) is 27.7. The average Bonchev–Trinajstić information content (AvgIpc) is 0.770. The lowest BCUT2D eigenvalue weighted by Gasteiger charge is -2.43. The van der Waals surface area contributed by atoms with Crippen LogP contribution in [0.2, 0.25) is 0 Å². The molecule has 24 nitrogen and oxygen atoms in total. The molecule has 1 aliphatic heterocycles. The molecule has 0 saturated carbocycles. The normalized spacial score (nSPS) is 21.5. The first kappa shape index (κ1) is 66.6. The molecule has 1 heterocycles. The predicted molar refractivity (Wildman–Crippen MR) is 306 cm³/mol. The van der Waals surface area contributed by atoms with E-state index in [1.165, 1.54) is 56.5 Å². The number of ketones is 3. The fraction of sp³-hybridized carbons (Fsp3) is 0.557. The van der Waals surface area contributed by atoms with Crippen molar-refractivity contribution in [3.8, 4) is 23.0 Å². The first-order valence-corrected chi connectivity index (χ1v) is 28.6. The number of carbonyl (C=O) groups is 9. The molecule has 0 radical (unpaired) electrons. The van der Waals surface area contributed by atoms with Gasteiger partial charge in [-0.2, -0.15) is 0 Å². The van der Waals surface area contributed by atoms with Crippen LogP contribution in [0.4, 0.5) is 0 Å². The van der Waals surface area contributed by atoms with Crippen LogP contribution in [0.1, 0.15) is 156 Å². The first-order valence-electron chi connectivity index (χ1n) is 28.6. The molecule has 1 saturated heterocycles.